The first kappa shape index (κ1) is 18.8. The van der Waals surface area contributed by atoms with Crippen LogP contribution in [0.3, 0.4) is 0 Å². The number of hydrogen-bond acceptors (Lipinski definition) is 5. The van der Waals surface area contributed by atoms with Crippen LogP contribution in [0.15, 0.2) is 34.4 Å². The number of benzene rings is 1. The van der Waals surface area contributed by atoms with Crippen molar-refractivity contribution in [3.63, 3.8) is 0 Å². The van der Waals surface area contributed by atoms with Crippen molar-refractivity contribution < 1.29 is 13.2 Å². The average molecular weight is 406 g/mol. The Morgan fingerprint density at radius 3 is 2.61 bits per heavy atom. The number of H-pyrrole nitrogens is 1. The number of alkyl halides is 3. The summed E-state index contributed by atoms with van der Waals surface area (Å²) < 4.78 is 38.2. The molecule has 0 aliphatic carbocycles. The number of aromatic amines is 1. The lowest BCUT2D eigenvalue weighted by Crippen LogP contribution is -2.35. The molecule has 0 atom stereocenters. The summed E-state index contributed by atoms with van der Waals surface area (Å²) in [6.07, 6.45) is -3.79. The molecule has 146 valence electrons. The van der Waals surface area contributed by atoms with Gasteiger partial charge in [-0.15, -0.1) is 11.3 Å². The Bertz CT molecular complexity index is 1060. The Hall–Kier alpha value is -2.52. The summed E-state index contributed by atoms with van der Waals surface area (Å²) in [5, 5.41) is 3.02. The number of aryl methyl sites for hydroxylation is 1. The molecule has 2 aromatic heterocycles. The van der Waals surface area contributed by atoms with E-state index in [1.807, 2.05) is 12.3 Å². The van der Waals surface area contributed by atoms with E-state index in [-0.39, 0.29) is 5.56 Å². The zero-order chi connectivity index (χ0) is 19.9. The number of halogens is 3. The molecule has 3 aromatic rings. The van der Waals surface area contributed by atoms with Crippen LogP contribution in [0, 0.1) is 6.92 Å². The first-order valence-corrected chi connectivity index (χ1v) is 9.60. The fourth-order valence-electron chi connectivity index (χ4n) is 3.28. The maximum Gasteiger partial charge on any atom is 0.416 e. The molecule has 3 heterocycles. The largest absolute Gasteiger partial charge is 0.416 e. The first-order valence-electron chi connectivity index (χ1n) is 8.72. The molecule has 0 unspecified atom stereocenters. The van der Waals surface area contributed by atoms with Gasteiger partial charge in [-0.3, -0.25) is 9.69 Å². The van der Waals surface area contributed by atoms with Crippen LogP contribution in [0.25, 0.3) is 11.4 Å². The predicted molar refractivity (Wildman–Crippen MR) is 100.0 cm³/mol. The number of rotatable bonds is 3. The van der Waals surface area contributed by atoms with Crippen LogP contribution >= 0.6 is 11.3 Å². The summed E-state index contributed by atoms with van der Waals surface area (Å²) >= 11 is 1.60. The van der Waals surface area contributed by atoms with Gasteiger partial charge in [0, 0.05) is 37.0 Å². The highest BCUT2D eigenvalue weighted by molar-refractivity contribution is 7.09. The number of hydrogen-bond donors (Lipinski definition) is 1. The normalized spacial score (nSPS) is 14.9. The monoisotopic (exact) mass is 406 g/mol. The second-order valence-corrected chi connectivity index (χ2v) is 7.80. The minimum Gasteiger partial charge on any atom is -0.306 e. The van der Waals surface area contributed by atoms with Gasteiger partial charge in [0.2, 0.25) is 0 Å². The molecule has 1 aliphatic rings. The van der Waals surface area contributed by atoms with E-state index in [0.717, 1.165) is 29.4 Å². The van der Waals surface area contributed by atoms with Crippen LogP contribution in [0.4, 0.5) is 13.2 Å². The third-order valence-electron chi connectivity index (χ3n) is 4.69. The van der Waals surface area contributed by atoms with Gasteiger partial charge in [0.1, 0.15) is 5.82 Å². The van der Waals surface area contributed by atoms with Crippen LogP contribution in [0.1, 0.15) is 27.5 Å². The first-order chi connectivity index (χ1) is 13.3. The Labute approximate surface area is 162 Å². The molecule has 0 saturated heterocycles. The van der Waals surface area contributed by atoms with Gasteiger partial charge in [-0.2, -0.15) is 13.2 Å². The summed E-state index contributed by atoms with van der Waals surface area (Å²) in [6, 6.07) is 4.64. The molecule has 28 heavy (non-hydrogen) atoms. The molecule has 0 amide bonds. The van der Waals surface area contributed by atoms with Gasteiger partial charge in [0.15, 0.2) is 0 Å². The van der Waals surface area contributed by atoms with Crippen molar-refractivity contribution in [1.82, 2.24) is 19.9 Å². The Kier molecular flexibility index (Phi) is 4.80. The van der Waals surface area contributed by atoms with Crippen molar-refractivity contribution in [2.24, 2.45) is 0 Å². The molecular weight excluding hydrogens is 389 g/mol. The molecule has 1 N–H and O–H groups in total. The highest BCUT2D eigenvalue weighted by Crippen LogP contribution is 2.30. The topological polar surface area (TPSA) is 61.9 Å². The molecule has 0 fully saturated rings. The van der Waals surface area contributed by atoms with E-state index in [1.165, 1.54) is 12.1 Å². The molecule has 1 aliphatic heterocycles. The molecule has 9 heteroatoms. The van der Waals surface area contributed by atoms with E-state index in [2.05, 4.69) is 19.9 Å². The van der Waals surface area contributed by atoms with Crippen LogP contribution in [0.2, 0.25) is 0 Å². The minimum absolute atomic E-state index is 0.251. The van der Waals surface area contributed by atoms with Gasteiger partial charge in [-0.05, 0) is 19.1 Å². The van der Waals surface area contributed by atoms with E-state index >= 15 is 0 Å². The molecule has 0 saturated carbocycles. The number of nitrogens with zero attached hydrogens (tertiary/aromatic N) is 3. The van der Waals surface area contributed by atoms with Crippen molar-refractivity contribution in [1.29, 1.82) is 0 Å². The van der Waals surface area contributed by atoms with E-state index in [9.17, 15) is 18.0 Å². The van der Waals surface area contributed by atoms with Gasteiger partial charge < -0.3 is 4.98 Å². The summed E-state index contributed by atoms with van der Waals surface area (Å²) in [5.41, 5.74) is 1.76. The van der Waals surface area contributed by atoms with Crippen molar-refractivity contribution in [3.8, 4) is 11.4 Å². The lowest BCUT2D eigenvalue weighted by Gasteiger charge is -2.27. The number of thiazole rings is 1. The van der Waals surface area contributed by atoms with Gasteiger partial charge >= 0.3 is 6.18 Å². The molecule has 0 spiro atoms. The van der Waals surface area contributed by atoms with Crippen LogP contribution in [-0.4, -0.2) is 26.4 Å². The van der Waals surface area contributed by atoms with Crippen LogP contribution in [0.5, 0.6) is 0 Å². The molecule has 1 aromatic carbocycles. The van der Waals surface area contributed by atoms with Crippen molar-refractivity contribution >= 4 is 11.3 Å². The fraction of sp³-hybridized carbons (Fsp3) is 0.316. The van der Waals surface area contributed by atoms with E-state index in [1.54, 1.807) is 11.3 Å². The third kappa shape index (κ3) is 3.85. The summed E-state index contributed by atoms with van der Waals surface area (Å²) in [5.74, 6) is 0.293. The summed E-state index contributed by atoms with van der Waals surface area (Å²) in [7, 11) is 0. The Morgan fingerprint density at radius 2 is 1.96 bits per heavy atom. The maximum atomic E-state index is 12.7. The summed E-state index contributed by atoms with van der Waals surface area (Å²) in [4.78, 5) is 26.4. The van der Waals surface area contributed by atoms with Crippen molar-refractivity contribution in [3.05, 3.63) is 67.5 Å². The maximum absolute atomic E-state index is 12.7. The second-order valence-electron chi connectivity index (χ2n) is 6.73. The van der Waals surface area contributed by atoms with Crippen LogP contribution in [-0.2, 0) is 25.7 Å². The Morgan fingerprint density at radius 1 is 1.21 bits per heavy atom. The SMILES string of the molecule is Cc1nc(CN2CCc3nc(-c4ccc(C(F)(F)F)cc4)[nH]c(=O)c3C2)cs1. The van der Waals surface area contributed by atoms with E-state index in [0.29, 0.717) is 42.2 Å². The standard InChI is InChI=1S/C19H17F3N4OS/c1-11-23-14(10-28-11)8-26-7-6-16-15(9-26)18(27)25-17(24-16)12-2-4-13(5-3-12)19(20,21)22/h2-5,10H,6-9H2,1H3,(H,24,25,27). The quantitative estimate of drug-likeness (QED) is 0.719. The van der Waals surface area contributed by atoms with E-state index < -0.39 is 11.7 Å². The van der Waals surface area contributed by atoms with Gasteiger partial charge in [-0.25, -0.2) is 9.97 Å². The molecule has 0 bridgehead atoms. The van der Waals surface area contributed by atoms with Crippen molar-refractivity contribution in [2.45, 2.75) is 32.6 Å². The highest BCUT2D eigenvalue weighted by atomic mass is 32.1. The lowest BCUT2D eigenvalue weighted by atomic mass is 10.1. The average Bonchev–Trinajstić information content (AvgIpc) is 3.06. The molecular formula is C19H17F3N4OS. The van der Waals surface area contributed by atoms with Crippen LogP contribution < -0.4 is 5.56 Å². The second kappa shape index (κ2) is 7.14. The predicted octanol–water partition coefficient (Wildman–Crippen LogP) is 3.78. The van der Waals surface area contributed by atoms with Gasteiger partial charge in [0.05, 0.1) is 27.5 Å². The zero-order valence-corrected chi connectivity index (χ0v) is 15.8. The fourth-order valence-corrected chi connectivity index (χ4v) is 3.88. The summed E-state index contributed by atoms with van der Waals surface area (Å²) in [6.45, 7) is 3.84. The number of aromatic nitrogens is 3. The molecule has 5 nitrogen and oxygen atoms in total. The zero-order valence-electron chi connectivity index (χ0n) is 15.0. The Balaban J connectivity index is 1.56. The molecule has 4 rings (SSSR count). The van der Waals surface area contributed by atoms with Gasteiger partial charge in [0.25, 0.3) is 5.56 Å². The smallest absolute Gasteiger partial charge is 0.306 e. The highest BCUT2D eigenvalue weighted by Gasteiger charge is 2.30. The third-order valence-corrected chi connectivity index (χ3v) is 5.51. The van der Waals surface area contributed by atoms with E-state index in [4.69, 9.17) is 0 Å². The van der Waals surface area contributed by atoms with Gasteiger partial charge in [-0.1, -0.05) is 12.1 Å². The molecule has 0 radical (unpaired) electrons. The lowest BCUT2D eigenvalue weighted by molar-refractivity contribution is -0.137. The minimum atomic E-state index is -4.39. The number of nitrogens with one attached hydrogen (secondary N) is 1. The van der Waals surface area contributed by atoms with Crippen molar-refractivity contribution in [2.75, 3.05) is 6.54 Å². The number of fused-ring (bicyclic) bond motifs is 1.